The van der Waals surface area contributed by atoms with Gasteiger partial charge in [0.15, 0.2) is 0 Å². The Kier molecular flexibility index (Phi) is 7.93. The maximum absolute atomic E-state index is 13.0. The Morgan fingerprint density at radius 3 is 2.07 bits per heavy atom. The van der Waals surface area contributed by atoms with Crippen molar-refractivity contribution in [3.63, 3.8) is 0 Å². The highest BCUT2D eigenvalue weighted by Crippen LogP contribution is 2.13. The largest absolute Gasteiger partial charge is 0.351 e. The predicted octanol–water partition coefficient (Wildman–Crippen LogP) is 1.94. The van der Waals surface area contributed by atoms with Crippen molar-refractivity contribution in [1.29, 1.82) is 0 Å². The molecule has 1 aliphatic heterocycles. The van der Waals surface area contributed by atoms with Gasteiger partial charge in [0, 0.05) is 32.7 Å². The van der Waals surface area contributed by atoms with E-state index in [1.54, 1.807) is 12.1 Å². The lowest BCUT2D eigenvalue weighted by Gasteiger charge is -2.34. The smallest absolute Gasteiger partial charge is 0.234 e. The van der Waals surface area contributed by atoms with Crippen LogP contribution in [0.2, 0.25) is 0 Å². The minimum absolute atomic E-state index is 0.0122. The normalized spacial score (nSPS) is 16.1. The Morgan fingerprint density at radius 2 is 1.47 bits per heavy atom. The minimum Gasteiger partial charge on any atom is -0.351 e. The Bertz CT molecular complexity index is 821. The van der Waals surface area contributed by atoms with Crippen molar-refractivity contribution >= 4 is 11.8 Å². The molecule has 0 spiro atoms. The third-order valence-electron chi connectivity index (χ3n) is 5.28. The molecule has 1 aliphatic rings. The predicted molar refractivity (Wildman–Crippen MR) is 114 cm³/mol. The number of carbonyl (C=O) groups excluding carboxylic acids is 2. The fraction of sp³-hybridized carbons (Fsp3) is 0.391. The molecule has 1 fully saturated rings. The first-order valence-corrected chi connectivity index (χ1v) is 10.3. The average Bonchev–Trinajstić information content (AvgIpc) is 2.75. The van der Waals surface area contributed by atoms with Crippen LogP contribution < -0.4 is 10.6 Å². The van der Waals surface area contributed by atoms with Crippen LogP contribution >= 0.6 is 0 Å². The van der Waals surface area contributed by atoms with Crippen molar-refractivity contribution < 1.29 is 14.0 Å². The van der Waals surface area contributed by atoms with E-state index >= 15 is 0 Å². The number of nitrogens with one attached hydrogen (secondary N) is 2. The molecule has 2 aromatic carbocycles. The van der Waals surface area contributed by atoms with Crippen molar-refractivity contribution in [1.82, 2.24) is 20.4 Å². The zero-order valence-electron chi connectivity index (χ0n) is 17.3. The summed E-state index contributed by atoms with van der Waals surface area (Å²) in [5.41, 5.74) is 1.95. The van der Waals surface area contributed by atoms with E-state index in [4.69, 9.17) is 0 Å². The van der Waals surface area contributed by atoms with Gasteiger partial charge in [0.25, 0.3) is 0 Å². The van der Waals surface area contributed by atoms with Gasteiger partial charge < -0.3 is 10.6 Å². The summed E-state index contributed by atoms with van der Waals surface area (Å²) in [7, 11) is 0. The molecule has 1 atom stereocenters. The molecule has 0 radical (unpaired) electrons. The molecule has 1 saturated heterocycles. The molecule has 0 bridgehead atoms. The van der Waals surface area contributed by atoms with Gasteiger partial charge in [0.05, 0.1) is 19.1 Å². The summed E-state index contributed by atoms with van der Waals surface area (Å²) < 4.78 is 13.0. The fourth-order valence-corrected chi connectivity index (χ4v) is 3.49. The van der Waals surface area contributed by atoms with Crippen LogP contribution in [0.15, 0.2) is 54.6 Å². The maximum atomic E-state index is 13.0. The number of hydrogen-bond acceptors (Lipinski definition) is 4. The number of amides is 2. The molecule has 6 nitrogen and oxygen atoms in total. The van der Waals surface area contributed by atoms with Gasteiger partial charge in [-0.05, 0) is 30.2 Å². The van der Waals surface area contributed by atoms with Crippen LogP contribution in [-0.4, -0.2) is 60.9 Å². The maximum Gasteiger partial charge on any atom is 0.234 e. The van der Waals surface area contributed by atoms with Gasteiger partial charge in [0.1, 0.15) is 5.82 Å². The molecule has 1 unspecified atom stereocenters. The van der Waals surface area contributed by atoms with Gasteiger partial charge in [0.2, 0.25) is 11.8 Å². The van der Waals surface area contributed by atoms with Gasteiger partial charge in [-0.2, -0.15) is 0 Å². The number of carbonyl (C=O) groups is 2. The highest BCUT2D eigenvalue weighted by molar-refractivity contribution is 5.79. The first kappa shape index (κ1) is 21.9. The van der Waals surface area contributed by atoms with Crippen molar-refractivity contribution in [2.24, 2.45) is 0 Å². The molecule has 0 aliphatic carbocycles. The topological polar surface area (TPSA) is 64.7 Å². The number of nitrogens with zero attached hydrogens (tertiary/aromatic N) is 2. The number of rotatable bonds is 8. The Labute approximate surface area is 177 Å². The SMILES string of the molecule is CC(NC(=O)CN1CCN(CC(=O)NCc2ccccc2)CC1)c1ccc(F)cc1. The number of piperazine rings is 1. The molecule has 2 N–H and O–H groups in total. The summed E-state index contributed by atoms with van der Waals surface area (Å²) in [5.74, 6) is -0.331. The number of hydrogen-bond donors (Lipinski definition) is 2. The third kappa shape index (κ3) is 6.93. The molecular weight excluding hydrogens is 383 g/mol. The Morgan fingerprint density at radius 1 is 0.900 bits per heavy atom. The number of benzene rings is 2. The van der Waals surface area contributed by atoms with Crippen LogP contribution in [0, 0.1) is 5.82 Å². The first-order valence-electron chi connectivity index (χ1n) is 10.3. The second-order valence-corrected chi connectivity index (χ2v) is 7.66. The zero-order chi connectivity index (χ0) is 21.3. The van der Waals surface area contributed by atoms with Gasteiger partial charge in [-0.25, -0.2) is 4.39 Å². The van der Waals surface area contributed by atoms with E-state index in [-0.39, 0.29) is 23.7 Å². The summed E-state index contributed by atoms with van der Waals surface area (Å²) in [6.07, 6.45) is 0. The third-order valence-corrected chi connectivity index (χ3v) is 5.28. The molecule has 7 heteroatoms. The standard InChI is InChI=1S/C23H29FN4O2/c1-18(20-7-9-21(24)10-8-20)26-23(30)17-28-13-11-27(12-14-28)16-22(29)25-15-19-5-3-2-4-6-19/h2-10,18H,11-17H2,1H3,(H,25,29)(H,26,30). The van der Waals surface area contributed by atoms with Crippen LogP contribution in [0.3, 0.4) is 0 Å². The molecule has 160 valence electrons. The molecule has 2 aromatic rings. The second kappa shape index (κ2) is 10.8. The fourth-order valence-electron chi connectivity index (χ4n) is 3.49. The second-order valence-electron chi connectivity index (χ2n) is 7.66. The van der Waals surface area contributed by atoms with E-state index in [1.807, 2.05) is 37.3 Å². The lowest BCUT2D eigenvalue weighted by Crippen LogP contribution is -2.51. The first-order chi connectivity index (χ1) is 14.5. The molecule has 3 rings (SSSR count). The van der Waals surface area contributed by atoms with Crippen molar-refractivity contribution in [3.05, 3.63) is 71.5 Å². The van der Waals surface area contributed by atoms with E-state index in [0.717, 1.165) is 37.3 Å². The minimum atomic E-state index is -0.288. The summed E-state index contributed by atoms with van der Waals surface area (Å²) in [6, 6.07) is 15.8. The van der Waals surface area contributed by atoms with Gasteiger partial charge in [-0.15, -0.1) is 0 Å². The number of halogens is 1. The summed E-state index contributed by atoms with van der Waals surface area (Å²) in [5, 5.41) is 5.91. The van der Waals surface area contributed by atoms with Gasteiger partial charge >= 0.3 is 0 Å². The lowest BCUT2D eigenvalue weighted by atomic mass is 10.1. The summed E-state index contributed by atoms with van der Waals surface area (Å²) in [6.45, 7) is 6.09. The Hall–Kier alpha value is -2.77. The highest BCUT2D eigenvalue weighted by atomic mass is 19.1. The van der Waals surface area contributed by atoms with Gasteiger partial charge in [-0.3, -0.25) is 19.4 Å². The van der Waals surface area contributed by atoms with Crippen LogP contribution in [0.4, 0.5) is 4.39 Å². The van der Waals surface area contributed by atoms with Crippen LogP contribution in [0.1, 0.15) is 24.1 Å². The van der Waals surface area contributed by atoms with Gasteiger partial charge in [-0.1, -0.05) is 42.5 Å². The van der Waals surface area contributed by atoms with Crippen molar-refractivity contribution in [2.75, 3.05) is 39.3 Å². The summed E-state index contributed by atoms with van der Waals surface area (Å²) >= 11 is 0. The van der Waals surface area contributed by atoms with Crippen molar-refractivity contribution in [3.8, 4) is 0 Å². The van der Waals surface area contributed by atoms with Crippen LogP contribution in [-0.2, 0) is 16.1 Å². The molecule has 2 amide bonds. The van der Waals surface area contributed by atoms with Crippen molar-refractivity contribution in [2.45, 2.75) is 19.5 Å². The van der Waals surface area contributed by atoms with E-state index < -0.39 is 0 Å². The van der Waals surface area contributed by atoms with E-state index in [9.17, 15) is 14.0 Å². The van der Waals surface area contributed by atoms with E-state index in [0.29, 0.717) is 19.6 Å². The lowest BCUT2D eigenvalue weighted by molar-refractivity contribution is -0.125. The quantitative estimate of drug-likeness (QED) is 0.696. The molecule has 1 heterocycles. The molecule has 30 heavy (non-hydrogen) atoms. The zero-order valence-corrected chi connectivity index (χ0v) is 17.3. The molecular formula is C23H29FN4O2. The monoisotopic (exact) mass is 412 g/mol. The van der Waals surface area contributed by atoms with Crippen LogP contribution in [0.25, 0.3) is 0 Å². The van der Waals surface area contributed by atoms with Crippen LogP contribution in [0.5, 0.6) is 0 Å². The van der Waals surface area contributed by atoms with E-state index in [1.165, 1.54) is 12.1 Å². The molecule has 0 aromatic heterocycles. The Balaban J connectivity index is 1.34. The summed E-state index contributed by atoms with van der Waals surface area (Å²) in [4.78, 5) is 28.7. The highest BCUT2D eigenvalue weighted by Gasteiger charge is 2.21. The van der Waals surface area contributed by atoms with E-state index in [2.05, 4.69) is 20.4 Å². The average molecular weight is 413 g/mol. The molecule has 0 saturated carbocycles.